The van der Waals surface area contributed by atoms with Crippen LogP contribution in [0, 0.1) is 17.8 Å². The van der Waals surface area contributed by atoms with Gasteiger partial charge in [0.15, 0.2) is 0 Å². The third-order valence-corrected chi connectivity index (χ3v) is 5.35. The first-order valence-corrected chi connectivity index (χ1v) is 7.39. The molecule has 18 heavy (non-hydrogen) atoms. The van der Waals surface area contributed by atoms with E-state index in [2.05, 4.69) is 24.3 Å². The van der Waals surface area contributed by atoms with Gasteiger partial charge in [-0.25, -0.2) is 0 Å². The molecule has 0 radical (unpaired) electrons. The lowest BCUT2D eigenvalue weighted by Gasteiger charge is -2.19. The molecule has 0 aromatic heterocycles. The molecule has 0 spiro atoms. The largest absolute Gasteiger partial charge is 0.399 e. The molecule has 0 heterocycles. The minimum Gasteiger partial charge on any atom is -0.399 e. The van der Waals surface area contributed by atoms with Crippen LogP contribution >= 0.6 is 0 Å². The van der Waals surface area contributed by atoms with Crippen molar-refractivity contribution < 1.29 is 0 Å². The van der Waals surface area contributed by atoms with Crippen LogP contribution < -0.4 is 5.73 Å². The summed E-state index contributed by atoms with van der Waals surface area (Å²) in [7, 11) is 0. The summed E-state index contributed by atoms with van der Waals surface area (Å²) in [6.45, 7) is 0. The van der Waals surface area contributed by atoms with E-state index in [1.54, 1.807) is 5.57 Å². The molecule has 0 saturated heterocycles. The number of hydrogen-bond donors (Lipinski definition) is 1. The fraction of sp³-hybridized carbons (Fsp3) is 0.529. The summed E-state index contributed by atoms with van der Waals surface area (Å²) in [5.74, 6) is 2.92. The van der Waals surface area contributed by atoms with Gasteiger partial charge in [-0.15, -0.1) is 0 Å². The monoisotopic (exact) mass is 239 g/mol. The Morgan fingerprint density at radius 3 is 2.83 bits per heavy atom. The van der Waals surface area contributed by atoms with Gasteiger partial charge in [0.25, 0.3) is 0 Å². The summed E-state index contributed by atoms with van der Waals surface area (Å²) in [6, 6.07) is 6.45. The predicted molar refractivity (Wildman–Crippen MR) is 76.1 cm³/mol. The number of nitrogens with two attached hydrogens (primary N) is 1. The molecule has 94 valence electrons. The van der Waals surface area contributed by atoms with Crippen molar-refractivity contribution >= 4 is 11.3 Å². The van der Waals surface area contributed by atoms with Crippen molar-refractivity contribution in [1.29, 1.82) is 0 Å². The molecule has 2 bridgehead atoms. The molecule has 1 aromatic rings. The van der Waals surface area contributed by atoms with Crippen LogP contribution in [-0.4, -0.2) is 0 Å². The van der Waals surface area contributed by atoms with Crippen molar-refractivity contribution in [3.8, 4) is 0 Å². The Morgan fingerprint density at radius 1 is 1.11 bits per heavy atom. The van der Waals surface area contributed by atoms with E-state index in [1.165, 1.54) is 49.7 Å². The van der Waals surface area contributed by atoms with Crippen LogP contribution in [0.4, 0.5) is 5.69 Å². The van der Waals surface area contributed by atoms with E-state index in [0.29, 0.717) is 0 Å². The molecule has 3 aliphatic rings. The van der Waals surface area contributed by atoms with E-state index >= 15 is 0 Å². The van der Waals surface area contributed by atoms with Crippen molar-refractivity contribution in [3.63, 3.8) is 0 Å². The molecule has 2 saturated carbocycles. The third-order valence-electron chi connectivity index (χ3n) is 5.35. The number of benzene rings is 1. The van der Waals surface area contributed by atoms with Crippen LogP contribution in [0.3, 0.4) is 0 Å². The molecule has 1 heteroatoms. The summed E-state index contributed by atoms with van der Waals surface area (Å²) < 4.78 is 0. The van der Waals surface area contributed by atoms with Gasteiger partial charge >= 0.3 is 0 Å². The van der Waals surface area contributed by atoms with E-state index in [9.17, 15) is 0 Å². The zero-order chi connectivity index (χ0) is 12.1. The highest BCUT2D eigenvalue weighted by atomic mass is 14.5. The number of rotatable bonds is 1. The SMILES string of the molecule is Nc1ccc2c(c1)CC/C2=C\C1CC2CCC1C2. The fourth-order valence-corrected chi connectivity index (χ4v) is 4.47. The number of allylic oxidation sites excluding steroid dienone is 2. The van der Waals surface area contributed by atoms with Gasteiger partial charge in [-0.1, -0.05) is 18.6 Å². The normalized spacial score (nSPS) is 35.3. The number of fused-ring (bicyclic) bond motifs is 3. The van der Waals surface area contributed by atoms with E-state index in [4.69, 9.17) is 5.73 Å². The van der Waals surface area contributed by atoms with E-state index in [0.717, 1.165) is 23.4 Å². The van der Waals surface area contributed by atoms with Gasteiger partial charge in [-0.3, -0.25) is 0 Å². The summed E-state index contributed by atoms with van der Waals surface area (Å²) in [5, 5.41) is 0. The maximum Gasteiger partial charge on any atom is 0.0317 e. The fourth-order valence-electron chi connectivity index (χ4n) is 4.47. The Bertz CT molecular complexity index is 514. The van der Waals surface area contributed by atoms with Crippen LogP contribution in [0.2, 0.25) is 0 Å². The van der Waals surface area contributed by atoms with Crippen LogP contribution in [-0.2, 0) is 6.42 Å². The molecule has 0 amide bonds. The Hall–Kier alpha value is -1.24. The lowest BCUT2D eigenvalue weighted by Crippen LogP contribution is -2.07. The second-order valence-electron chi connectivity index (χ2n) is 6.45. The van der Waals surface area contributed by atoms with Gasteiger partial charge in [0, 0.05) is 5.69 Å². The highest BCUT2D eigenvalue weighted by molar-refractivity contribution is 5.74. The average Bonchev–Trinajstić information content (AvgIpc) is 3.04. The molecule has 1 aromatic carbocycles. The standard InChI is InChI=1S/C17H21N/c18-16-5-6-17-13(3-4-14(17)10-16)9-15-8-11-1-2-12(15)7-11/h5-6,9-12,15H,1-4,7-8,18H2/b13-9+. The zero-order valence-corrected chi connectivity index (χ0v) is 10.9. The van der Waals surface area contributed by atoms with Gasteiger partial charge in [0.05, 0.1) is 0 Å². The number of hydrogen-bond acceptors (Lipinski definition) is 1. The average molecular weight is 239 g/mol. The summed E-state index contributed by atoms with van der Waals surface area (Å²) in [4.78, 5) is 0. The zero-order valence-electron chi connectivity index (χ0n) is 10.9. The Balaban J connectivity index is 1.64. The van der Waals surface area contributed by atoms with E-state index in [1.807, 2.05) is 0 Å². The van der Waals surface area contributed by atoms with Gasteiger partial charge in [0.1, 0.15) is 0 Å². The van der Waals surface area contributed by atoms with Gasteiger partial charge in [0.2, 0.25) is 0 Å². The van der Waals surface area contributed by atoms with Crippen molar-refractivity contribution in [2.45, 2.75) is 38.5 Å². The topological polar surface area (TPSA) is 26.0 Å². The first-order valence-electron chi connectivity index (χ1n) is 7.39. The molecule has 4 rings (SSSR count). The van der Waals surface area contributed by atoms with E-state index < -0.39 is 0 Å². The Kier molecular flexibility index (Phi) is 2.30. The van der Waals surface area contributed by atoms with E-state index in [-0.39, 0.29) is 0 Å². The minimum absolute atomic E-state index is 0.877. The molecule has 3 aliphatic carbocycles. The quantitative estimate of drug-likeness (QED) is 0.735. The maximum atomic E-state index is 5.87. The number of nitrogen functional groups attached to an aromatic ring is 1. The molecule has 3 atom stereocenters. The summed E-state index contributed by atoms with van der Waals surface area (Å²) in [6.07, 6.45) is 11.0. The Morgan fingerprint density at radius 2 is 2.06 bits per heavy atom. The predicted octanol–water partition coefficient (Wildman–Crippen LogP) is 4.03. The van der Waals surface area contributed by atoms with Gasteiger partial charge in [-0.05, 0) is 78.7 Å². The molecule has 1 nitrogen and oxygen atoms in total. The summed E-state index contributed by atoms with van der Waals surface area (Å²) >= 11 is 0. The van der Waals surface area contributed by atoms with Gasteiger partial charge < -0.3 is 5.73 Å². The minimum atomic E-state index is 0.877. The lowest BCUT2D eigenvalue weighted by molar-refractivity contribution is 0.395. The van der Waals surface area contributed by atoms with Crippen molar-refractivity contribution in [2.75, 3.05) is 5.73 Å². The molecule has 3 unspecified atom stereocenters. The molecule has 2 fully saturated rings. The van der Waals surface area contributed by atoms with Crippen LogP contribution in [0.5, 0.6) is 0 Å². The van der Waals surface area contributed by atoms with Crippen LogP contribution in [0.15, 0.2) is 24.3 Å². The highest BCUT2D eigenvalue weighted by Gasteiger charge is 2.38. The summed E-state index contributed by atoms with van der Waals surface area (Å²) in [5.41, 5.74) is 11.3. The third kappa shape index (κ3) is 1.60. The lowest BCUT2D eigenvalue weighted by atomic mass is 9.86. The second-order valence-corrected chi connectivity index (χ2v) is 6.45. The molecular weight excluding hydrogens is 218 g/mol. The van der Waals surface area contributed by atoms with Crippen molar-refractivity contribution in [3.05, 3.63) is 35.4 Å². The highest BCUT2D eigenvalue weighted by Crippen LogP contribution is 2.50. The maximum absolute atomic E-state index is 5.87. The number of aryl methyl sites for hydroxylation is 1. The first kappa shape index (κ1) is 10.7. The van der Waals surface area contributed by atoms with Crippen molar-refractivity contribution in [1.82, 2.24) is 0 Å². The van der Waals surface area contributed by atoms with Gasteiger partial charge in [-0.2, -0.15) is 0 Å². The smallest absolute Gasteiger partial charge is 0.0317 e. The molecular formula is C17H21N. The Labute approximate surface area is 109 Å². The second kappa shape index (κ2) is 3.88. The van der Waals surface area contributed by atoms with Crippen molar-refractivity contribution in [2.24, 2.45) is 17.8 Å². The van der Waals surface area contributed by atoms with Crippen LogP contribution in [0.25, 0.3) is 5.57 Å². The molecule has 0 aliphatic heterocycles. The first-order chi connectivity index (χ1) is 8.79. The number of anilines is 1. The van der Waals surface area contributed by atoms with Crippen LogP contribution in [0.1, 0.15) is 43.2 Å². The molecule has 2 N–H and O–H groups in total.